The quantitative estimate of drug-likeness (QED) is 0.535. The summed E-state index contributed by atoms with van der Waals surface area (Å²) in [5.74, 6) is 0. The Morgan fingerprint density at radius 1 is 1.00 bits per heavy atom. The Balaban J connectivity index is 2.52. The van der Waals surface area contributed by atoms with Gasteiger partial charge in [0.2, 0.25) is 0 Å². The van der Waals surface area contributed by atoms with E-state index in [1.165, 1.54) is 39.0 Å². The van der Waals surface area contributed by atoms with Gasteiger partial charge in [-0.3, -0.25) is 0 Å². The first-order valence-corrected chi connectivity index (χ1v) is 8.91. The number of benzene rings is 2. The lowest BCUT2D eigenvalue weighted by molar-refractivity contribution is 0.742. The van der Waals surface area contributed by atoms with Crippen LogP contribution < -0.4 is 0 Å². The van der Waals surface area contributed by atoms with Crippen molar-refractivity contribution in [1.29, 1.82) is 0 Å². The van der Waals surface area contributed by atoms with Gasteiger partial charge in [-0.15, -0.1) is 0 Å². The van der Waals surface area contributed by atoms with Crippen LogP contribution in [0.4, 0.5) is 0 Å². The fourth-order valence-corrected chi connectivity index (χ4v) is 4.28. The lowest BCUT2D eigenvalue weighted by Gasteiger charge is -2.35. The summed E-state index contributed by atoms with van der Waals surface area (Å²) in [5, 5.41) is 0. The number of rotatable bonds is 4. The summed E-state index contributed by atoms with van der Waals surface area (Å²) in [6.45, 7) is 12.6. The molecule has 1 aliphatic rings. The second-order valence-corrected chi connectivity index (χ2v) is 6.67. The number of fused-ring (bicyclic) bond motifs is 3. The number of hydrogen-bond acceptors (Lipinski definition) is 0. The molecule has 0 heterocycles. The summed E-state index contributed by atoms with van der Waals surface area (Å²) in [5.41, 5.74) is 9.03. The van der Waals surface area contributed by atoms with Gasteiger partial charge >= 0.3 is 0 Å². The van der Waals surface area contributed by atoms with Gasteiger partial charge < -0.3 is 0 Å². The van der Waals surface area contributed by atoms with Crippen LogP contribution in [0.1, 0.15) is 37.5 Å². The molecule has 1 atom stereocenters. The van der Waals surface area contributed by atoms with Gasteiger partial charge in [0.25, 0.3) is 0 Å². The van der Waals surface area contributed by atoms with Crippen molar-refractivity contribution in [3.05, 3.63) is 107 Å². The highest BCUT2D eigenvalue weighted by atomic mass is 14.5. The molecule has 0 fully saturated rings. The third-order valence-corrected chi connectivity index (χ3v) is 5.25. The van der Waals surface area contributed by atoms with Crippen LogP contribution in [0.3, 0.4) is 0 Å². The molecule has 3 rings (SSSR count). The summed E-state index contributed by atoms with van der Waals surface area (Å²) in [6, 6.07) is 15.6. The van der Waals surface area contributed by atoms with E-state index in [1.807, 2.05) is 6.08 Å². The lowest BCUT2D eigenvalue weighted by Crippen LogP contribution is -2.29. The van der Waals surface area contributed by atoms with E-state index >= 15 is 0 Å². The van der Waals surface area contributed by atoms with E-state index in [0.717, 1.165) is 0 Å². The lowest BCUT2D eigenvalue weighted by atomic mass is 9.66. The van der Waals surface area contributed by atoms with Crippen molar-refractivity contribution in [2.24, 2.45) is 0 Å². The normalized spacial score (nSPS) is 19.8. The van der Waals surface area contributed by atoms with Crippen LogP contribution in [-0.4, -0.2) is 0 Å². The van der Waals surface area contributed by atoms with E-state index in [9.17, 15) is 0 Å². The molecule has 0 heteroatoms. The van der Waals surface area contributed by atoms with Gasteiger partial charge in [0.1, 0.15) is 0 Å². The van der Waals surface area contributed by atoms with Gasteiger partial charge in [0, 0.05) is 0 Å². The molecule has 2 aromatic carbocycles. The van der Waals surface area contributed by atoms with Crippen LogP contribution in [0.15, 0.2) is 90.6 Å². The van der Waals surface area contributed by atoms with Gasteiger partial charge in [0.05, 0.1) is 5.41 Å². The minimum absolute atomic E-state index is 0.257. The van der Waals surface area contributed by atoms with E-state index in [-0.39, 0.29) is 5.41 Å². The molecule has 126 valence electrons. The van der Waals surface area contributed by atoms with Gasteiger partial charge in [-0.2, -0.15) is 0 Å². The minimum Gasteiger partial charge on any atom is -0.0991 e. The van der Waals surface area contributed by atoms with Crippen LogP contribution >= 0.6 is 0 Å². The largest absolute Gasteiger partial charge is 0.0991 e. The Kier molecular flexibility index (Phi) is 4.63. The maximum atomic E-state index is 3.95. The SMILES string of the molecule is C=CC=C(C)C1(C(C=CC)=CC)c2ccccc2-c2ccc(C)cc21. The Morgan fingerprint density at radius 2 is 1.72 bits per heavy atom. The fourth-order valence-electron chi connectivity index (χ4n) is 4.28. The summed E-state index contributed by atoms with van der Waals surface area (Å²) >= 11 is 0. The Bertz CT molecular complexity index is 905. The number of allylic oxidation sites excluding steroid dienone is 7. The molecule has 1 aliphatic carbocycles. The molecule has 0 spiro atoms. The molecule has 0 amide bonds. The monoisotopic (exact) mass is 326 g/mol. The highest BCUT2D eigenvalue weighted by molar-refractivity contribution is 5.86. The van der Waals surface area contributed by atoms with Crippen molar-refractivity contribution in [3.63, 3.8) is 0 Å². The third-order valence-electron chi connectivity index (χ3n) is 5.25. The molecule has 0 nitrogen and oxygen atoms in total. The zero-order valence-electron chi connectivity index (χ0n) is 15.6. The van der Waals surface area contributed by atoms with E-state index in [4.69, 9.17) is 0 Å². The first-order valence-electron chi connectivity index (χ1n) is 8.91. The standard InChI is InChI=1S/C25H26/c1-6-11-19(5)25(20(8-3)12-7-2)23-14-10-9-13-21(23)22-16-15-18(4)17-24(22)25/h6-17H,1H2,2-5H3. The summed E-state index contributed by atoms with van der Waals surface area (Å²) < 4.78 is 0. The molecule has 0 bridgehead atoms. The molecule has 0 radical (unpaired) electrons. The van der Waals surface area contributed by atoms with E-state index < -0.39 is 0 Å². The van der Waals surface area contributed by atoms with Crippen LogP contribution in [0.25, 0.3) is 11.1 Å². The van der Waals surface area contributed by atoms with Crippen molar-refractivity contribution in [3.8, 4) is 11.1 Å². The molecular weight excluding hydrogens is 300 g/mol. The van der Waals surface area contributed by atoms with Gasteiger partial charge in [0.15, 0.2) is 0 Å². The van der Waals surface area contributed by atoms with Crippen molar-refractivity contribution < 1.29 is 0 Å². The molecule has 0 saturated heterocycles. The maximum Gasteiger partial charge on any atom is 0.0670 e. The van der Waals surface area contributed by atoms with Crippen LogP contribution in [0.5, 0.6) is 0 Å². The van der Waals surface area contributed by atoms with Crippen molar-refractivity contribution in [1.82, 2.24) is 0 Å². The highest BCUT2D eigenvalue weighted by Gasteiger charge is 2.46. The smallest absolute Gasteiger partial charge is 0.0670 e. The van der Waals surface area contributed by atoms with Crippen molar-refractivity contribution >= 4 is 0 Å². The molecule has 0 aliphatic heterocycles. The Morgan fingerprint density at radius 3 is 2.40 bits per heavy atom. The Labute approximate surface area is 151 Å². The van der Waals surface area contributed by atoms with Crippen LogP contribution in [-0.2, 0) is 5.41 Å². The number of aryl methyl sites for hydroxylation is 1. The minimum atomic E-state index is -0.257. The predicted molar refractivity (Wildman–Crippen MR) is 110 cm³/mol. The molecule has 0 aromatic heterocycles. The first-order chi connectivity index (χ1) is 12.1. The molecule has 2 aromatic rings. The average Bonchev–Trinajstić information content (AvgIpc) is 2.90. The van der Waals surface area contributed by atoms with E-state index in [1.54, 1.807) is 0 Å². The van der Waals surface area contributed by atoms with Crippen molar-refractivity contribution in [2.45, 2.75) is 33.1 Å². The second kappa shape index (κ2) is 6.72. The molecule has 1 unspecified atom stereocenters. The zero-order valence-corrected chi connectivity index (χ0v) is 15.6. The topological polar surface area (TPSA) is 0 Å². The highest BCUT2D eigenvalue weighted by Crippen LogP contribution is 2.56. The summed E-state index contributed by atoms with van der Waals surface area (Å²) in [6.07, 6.45) is 10.7. The molecule has 25 heavy (non-hydrogen) atoms. The second-order valence-electron chi connectivity index (χ2n) is 6.67. The summed E-state index contributed by atoms with van der Waals surface area (Å²) in [7, 11) is 0. The number of hydrogen-bond donors (Lipinski definition) is 0. The van der Waals surface area contributed by atoms with E-state index in [0.29, 0.717) is 0 Å². The van der Waals surface area contributed by atoms with Gasteiger partial charge in [-0.05, 0) is 55.5 Å². The first kappa shape index (κ1) is 17.2. The fraction of sp³-hybridized carbons (Fsp3) is 0.200. The van der Waals surface area contributed by atoms with Crippen LogP contribution in [0, 0.1) is 6.92 Å². The molecule has 0 N–H and O–H groups in total. The Hall–Kier alpha value is -2.60. The molecule has 0 saturated carbocycles. The van der Waals surface area contributed by atoms with E-state index in [2.05, 4.69) is 101 Å². The maximum absolute atomic E-state index is 3.95. The molecular formula is C25H26. The van der Waals surface area contributed by atoms with Crippen molar-refractivity contribution in [2.75, 3.05) is 0 Å². The predicted octanol–water partition coefficient (Wildman–Crippen LogP) is 6.92. The summed E-state index contributed by atoms with van der Waals surface area (Å²) in [4.78, 5) is 0. The third kappa shape index (κ3) is 2.44. The van der Waals surface area contributed by atoms with Gasteiger partial charge in [-0.1, -0.05) is 90.6 Å². The zero-order chi connectivity index (χ0) is 18.0. The van der Waals surface area contributed by atoms with Gasteiger partial charge in [-0.25, -0.2) is 0 Å². The van der Waals surface area contributed by atoms with Crippen LogP contribution in [0.2, 0.25) is 0 Å². The average molecular weight is 326 g/mol.